The Morgan fingerprint density at radius 3 is 2.82 bits per heavy atom. The third kappa shape index (κ3) is 4.98. The largest absolute Gasteiger partial charge is 0.448 e. The van der Waals surface area contributed by atoms with Crippen LogP contribution in [0, 0.1) is 6.92 Å². The van der Waals surface area contributed by atoms with Gasteiger partial charge in [-0.25, -0.2) is 4.79 Å². The molecule has 0 spiro atoms. The highest BCUT2D eigenvalue weighted by Crippen LogP contribution is 2.19. The molecule has 0 aliphatic heterocycles. The van der Waals surface area contributed by atoms with Crippen molar-refractivity contribution in [1.82, 2.24) is 5.32 Å². The average Bonchev–Trinajstić information content (AvgIpc) is 2.95. The number of nitrogens with one attached hydrogen (secondary N) is 1. The quantitative estimate of drug-likeness (QED) is 0.643. The number of thiophene rings is 1. The molecule has 2 rings (SSSR count). The molecule has 0 saturated heterocycles. The van der Waals surface area contributed by atoms with Gasteiger partial charge in [0.15, 0.2) is 6.10 Å². The molecular formula is C17H23NO3S. The van der Waals surface area contributed by atoms with Crippen molar-refractivity contribution in [3.8, 4) is 0 Å². The minimum Gasteiger partial charge on any atom is -0.448 e. The maximum Gasteiger partial charge on any atom is 0.349 e. The lowest BCUT2D eigenvalue weighted by molar-refractivity contribution is -0.129. The zero-order valence-electron chi connectivity index (χ0n) is 13.2. The van der Waals surface area contributed by atoms with Gasteiger partial charge in [0.05, 0.1) is 0 Å². The molecule has 5 heteroatoms. The van der Waals surface area contributed by atoms with E-state index < -0.39 is 12.1 Å². The van der Waals surface area contributed by atoms with Crippen molar-refractivity contribution in [3.63, 3.8) is 0 Å². The van der Waals surface area contributed by atoms with Crippen LogP contribution in [0.1, 0.15) is 53.6 Å². The molecule has 22 heavy (non-hydrogen) atoms. The molecule has 1 aliphatic rings. The zero-order chi connectivity index (χ0) is 15.9. The van der Waals surface area contributed by atoms with E-state index in [2.05, 4.69) is 11.4 Å². The number of ether oxygens (including phenoxy) is 1. The van der Waals surface area contributed by atoms with Crippen LogP contribution in [-0.4, -0.2) is 24.5 Å². The molecule has 0 unspecified atom stereocenters. The van der Waals surface area contributed by atoms with Gasteiger partial charge in [-0.2, -0.15) is 0 Å². The molecule has 0 saturated carbocycles. The molecule has 1 aliphatic carbocycles. The number of hydrogen-bond acceptors (Lipinski definition) is 4. The Kier molecular flexibility index (Phi) is 6.19. The molecule has 1 atom stereocenters. The normalized spacial score (nSPS) is 15.8. The van der Waals surface area contributed by atoms with E-state index in [1.54, 1.807) is 13.0 Å². The first-order valence-electron chi connectivity index (χ1n) is 7.79. The van der Waals surface area contributed by atoms with Gasteiger partial charge in [0.25, 0.3) is 5.91 Å². The molecule has 1 heterocycles. The summed E-state index contributed by atoms with van der Waals surface area (Å²) in [7, 11) is 0. The van der Waals surface area contributed by atoms with Gasteiger partial charge in [-0.1, -0.05) is 11.6 Å². The summed E-state index contributed by atoms with van der Waals surface area (Å²) < 4.78 is 5.20. The fourth-order valence-corrected chi connectivity index (χ4v) is 3.19. The van der Waals surface area contributed by atoms with Crippen molar-refractivity contribution >= 4 is 23.2 Å². The highest BCUT2D eigenvalue weighted by atomic mass is 32.1. The predicted molar refractivity (Wildman–Crippen MR) is 88.1 cm³/mol. The van der Waals surface area contributed by atoms with Gasteiger partial charge in [0.2, 0.25) is 0 Å². The number of carbonyl (C=O) groups is 2. The van der Waals surface area contributed by atoms with Crippen LogP contribution in [0.15, 0.2) is 23.8 Å². The maximum absolute atomic E-state index is 12.0. The van der Waals surface area contributed by atoms with Gasteiger partial charge < -0.3 is 10.1 Å². The number of carbonyl (C=O) groups excluding carboxylic acids is 2. The molecule has 4 nitrogen and oxygen atoms in total. The number of esters is 1. The summed E-state index contributed by atoms with van der Waals surface area (Å²) in [5.41, 5.74) is 1.42. The summed E-state index contributed by atoms with van der Waals surface area (Å²) in [4.78, 5) is 25.4. The predicted octanol–water partition coefficient (Wildman–Crippen LogP) is 3.61. The number of rotatable bonds is 6. The van der Waals surface area contributed by atoms with E-state index in [-0.39, 0.29) is 5.91 Å². The SMILES string of the molecule is Cc1ccc(C(=O)O[C@@H](C)C(=O)NCCC2=CCCCC2)s1. The summed E-state index contributed by atoms with van der Waals surface area (Å²) in [6.07, 6.45) is 7.19. The van der Waals surface area contributed by atoms with Crippen LogP contribution < -0.4 is 5.32 Å². The smallest absolute Gasteiger partial charge is 0.349 e. The Labute approximate surface area is 135 Å². The Balaban J connectivity index is 1.72. The van der Waals surface area contributed by atoms with Gasteiger partial charge in [-0.3, -0.25) is 4.79 Å². The fourth-order valence-electron chi connectivity index (χ4n) is 2.44. The molecule has 1 aromatic rings. The Morgan fingerprint density at radius 1 is 1.36 bits per heavy atom. The lowest BCUT2D eigenvalue weighted by atomic mass is 9.97. The van der Waals surface area contributed by atoms with Crippen molar-refractivity contribution in [2.75, 3.05) is 6.54 Å². The van der Waals surface area contributed by atoms with Gasteiger partial charge >= 0.3 is 5.97 Å². The van der Waals surface area contributed by atoms with Crippen LogP contribution in [0.4, 0.5) is 0 Å². The third-order valence-electron chi connectivity index (χ3n) is 3.72. The summed E-state index contributed by atoms with van der Waals surface area (Å²) >= 11 is 1.37. The Morgan fingerprint density at radius 2 is 2.18 bits per heavy atom. The number of hydrogen-bond donors (Lipinski definition) is 1. The first kappa shape index (κ1) is 16.7. The summed E-state index contributed by atoms with van der Waals surface area (Å²) in [5.74, 6) is -0.672. The molecule has 0 fully saturated rings. The highest BCUT2D eigenvalue weighted by molar-refractivity contribution is 7.13. The van der Waals surface area contributed by atoms with E-state index in [4.69, 9.17) is 4.74 Å². The number of aryl methyl sites for hydroxylation is 1. The number of amides is 1. The molecule has 0 aromatic carbocycles. The molecule has 0 bridgehead atoms. The Hall–Kier alpha value is -1.62. The van der Waals surface area contributed by atoms with Crippen molar-refractivity contribution < 1.29 is 14.3 Å². The molecule has 120 valence electrons. The fraction of sp³-hybridized carbons (Fsp3) is 0.529. The Bertz CT molecular complexity index is 562. The minimum absolute atomic E-state index is 0.238. The molecule has 1 N–H and O–H groups in total. The summed E-state index contributed by atoms with van der Waals surface area (Å²) in [5, 5.41) is 2.84. The van der Waals surface area contributed by atoms with Gasteiger partial charge in [-0.15, -0.1) is 11.3 Å². The van der Waals surface area contributed by atoms with Crippen LogP contribution in [0.2, 0.25) is 0 Å². The van der Waals surface area contributed by atoms with Crippen LogP contribution in [0.5, 0.6) is 0 Å². The van der Waals surface area contributed by atoms with Gasteiger partial charge in [0, 0.05) is 11.4 Å². The maximum atomic E-state index is 12.0. The van der Waals surface area contributed by atoms with Crippen LogP contribution >= 0.6 is 11.3 Å². The van der Waals surface area contributed by atoms with Crippen LogP contribution in [-0.2, 0) is 9.53 Å². The van der Waals surface area contributed by atoms with Crippen LogP contribution in [0.25, 0.3) is 0 Å². The zero-order valence-corrected chi connectivity index (χ0v) is 14.0. The van der Waals surface area contributed by atoms with E-state index in [0.29, 0.717) is 11.4 Å². The highest BCUT2D eigenvalue weighted by Gasteiger charge is 2.19. The molecule has 1 amide bonds. The van der Waals surface area contributed by atoms with Crippen LogP contribution in [0.3, 0.4) is 0 Å². The van der Waals surface area contributed by atoms with Crippen molar-refractivity contribution in [3.05, 3.63) is 33.5 Å². The van der Waals surface area contributed by atoms with Gasteiger partial charge in [0.1, 0.15) is 4.88 Å². The van der Waals surface area contributed by atoms with E-state index >= 15 is 0 Å². The second kappa shape index (κ2) is 8.13. The molecular weight excluding hydrogens is 298 g/mol. The lowest BCUT2D eigenvalue weighted by Gasteiger charge is -2.15. The van der Waals surface area contributed by atoms with Crippen molar-refractivity contribution in [1.29, 1.82) is 0 Å². The van der Waals surface area contributed by atoms with E-state index in [9.17, 15) is 9.59 Å². The summed E-state index contributed by atoms with van der Waals surface area (Å²) in [6.45, 7) is 4.13. The van der Waals surface area contributed by atoms with E-state index in [0.717, 1.165) is 24.1 Å². The molecule has 1 aromatic heterocycles. The minimum atomic E-state index is -0.768. The van der Waals surface area contributed by atoms with Crippen molar-refractivity contribution in [2.45, 2.75) is 52.1 Å². The molecule has 0 radical (unpaired) electrons. The first-order chi connectivity index (χ1) is 10.6. The monoisotopic (exact) mass is 321 g/mol. The second-order valence-corrected chi connectivity index (χ2v) is 6.89. The van der Waals surface area contributed by atoms with E-state index in [1.807, 2.05) is 13.0 Å². The topological polar surface area (TPSA) is 55.4 Å². The first-order valence-corrected chi connectivity index (χ1v) is 8.61. The van der Waals surface area contributed by atoms with Crippen molar-refractivity contribution in [2.24, 2.45) is 0 Å². The lowest BCUT2D eigenvalue weighted by Crippen LogP contribution is -2.36. The van der Waals surface area contributed by atoms with Gasteiger partial charge in [-0.05, 0) is 58.1 Å². The average molecular weight is 321 g/mol. The second-order valence-electron chi connectivity index (χ2n) is 5.61. The standard InChI is InChI=1S/C17H23NO3S/c1-12-8-9-15(22-12)17(20)21-13(2)16(19)18-11-10-14-6-4-3-5-7-14/h6,8-9,13H,3-5,7,10-11H2,1-2H3,(H,18,19)/t13-/m0/s1. The summed E-state index contributed by atoms with van der Waals surface area (Å²) in [6, 6.07) is 3.59. The van der Waals surface area contributed by atoms with E-state index in [1.165, 1.54) is 29.8 Å². The number of allylic oxidation sites excluding steroid dienone is 1. The third-order valence-corrected chi connectivity index (χ3v) is 4.71.